The van der Waals surface area contributed by atoms with Crippen molar-refractivity contribution in [1.29, 1.82) is 0 Å². The molecule has 0 saturated heterocycles. The second-order valence-electron chi connectivity index (χ2n) is 15.1. The van der Waals surface area contributed by atoms with Gasteiger partial charge in [-0.25, -0.2) is 28.5 Å². The largest absolute Gasteiger partial charge is 0.455 e. The summed E-state index contributed by atoms with van der Waals surface area (Å²) in [5.41, 5.74) is -4.35. The summed E-state index contributed by atoms with van der Waals surface area (Å²) in [5, 5.41) is 17.6. The minimum absolute atomic E-state index is 0.274. The van der Waals surface area contributed by atoms with Gasteiger partial charge in [0.25, 0.3) is 0 Å². The molecule has 0 spiro atoms. The molecule has 14 heteroatoms. The van der Waals surface area contributed by atoms with Gasteiger partial charge in [-0.15, -0.1) is 10.2 Å². The molecule has 0 atom stereocenters. The van der Waals surface area contributed by atoms with E-state index in [2.05, 4.69) is 20.6 Å². The van der Waals surface area contributed by atoms with Crippen LogP contribution in [0.1, 0.15) is 125 Å². The van der Waals surface area contributed by atoms with E-state index in [4.69, 9.17) is 18.9 Å². The van der Waals surface area contributed by atoms with Crippen molar-refractivity contribution in [3.8, 4) is 11.4 Å². The van der Waals surface area contributed by atoms with E-state index in [9.17, 15) is 19.2 Å². The van der Waals surface area contributed by atoms with Gasteiger partial charge in [0, 0.05) is 5.39 Å². The third kappa shape index (κ3) is 8.22. The van der Waals surface area contributed by atoms with Gasteiger partial charge < -0.3 is 18.9 Å². The van der Waals surface area contributed by atoms with E-state index in [0.29, 0.717) is 10.8 Å². The van der Waals surface area contributed by atoms with Gasteiger partial charge in [-0.1, -0.05) is 34.7 Å². The fourth-order valence-corrected chi connectivity index (χ4v) is 4.50. The molecule has 0 fully saturated rings. The maximum Gasteiger partial charge on any atom is 0.362 e. The molecule has 4 aromatic rings. The van der Waals surface area contributed by atoms with Gasteiger partial charge in [-0.3, -0.25) is 0 Å². The first-order valence-corrected chi connectivity index (χ1v) is 15.3. The normalized spacial score (nSPS) is 12.5. The highest BCUT2D eigenvalue weighted by atomic mass is 16.6. The zero-order chi connectivity index (χ0) is 36.0. The van der Waals surface area contributed by atoms with E-state index < -0.39 is 46.3 Å². The average Bonchev–Trinajstić information content (AvgIpc) is 3.54. The lowest BCUT2D eigenvalue weighted by Crippen LogP contribution is -2.29. The van der Waals surface area contributed by atoms with Crippen LogP contribution in [0.15, 0.2) is 36.4 Å². The Labute approximate surface area is 278 Å². The van der Waals surface area contributed by atoms with Crippen LogP contribution in [0.2, 0.25) is 0 Å². The van der Waals surface area contributed by atoms with Gasteiger partial charge in [0.2, 0.25) is 11.4 Å². The van der Waals surface area contributed by atoms with Crippen LogP contribution in [-0.2, 0) is 18.9 Å². The Hall–Kier alpha value is -5.14. The van der Waals surface area contributed by atoms with Gasteiger partial charge in [0.05, 0.1) is 11.4 Å². The molecule has 2 aromatic carbocycles. The number of rotatable bonds is 6. The Morgan fingerprint density at radius 1 is 0.500 bits per heavy atom. The molecule has 0 saturated carbocycles. The lowest BCUT2D eigenvalue weighted by molar-refractivity contribution is 0.000933. The summed E-state index contributed by atoms with van der Waals surface area (Å²) >= 11 is 0. The number of hydrogen-bond donors (Lipinski definition) is 0. The Balaban J connectivity index is 2.04. The Bertz CT molecular complexity index is 1760. The van der Waals surface area contributed by atoms with E-state index in [0.717, 1.165) is 0 Å². The predicted octanol–water partition coefficient (Wildman–Crippen LogP) is 5.82. The Morgan fingerprint density at radius 3 is 1.12 bits per heavy atom. The highest BCUT2D eigenvalue weighted by molar-refractivity contribution is 6.05. The second kappa shape index (κ2) is 12.5. The number of ether oxygens (including phenoxy) is 4. The minimum Gasteiger partial charge on any atom is -0.455 e. The summed E-state index contributed by atoms with van der Waals surface area (Å²) in [5.74, 6) is -3.49. The molecular weight excluding hydrogens is 620 g/mol. The van der Waals surface area contributed by atoms with Crippen LogP contribution in [0.5, 0.6) is 0 Å². The number of benzene rings is 2. The van der Waals surface area contributed by atoms with Gasteiger partial charge in [-0.05, 0) is 101 Å². The van der Waals surface area contributed by atoms with Crippen molar-refractivity contribution in [2.45, 2.75) is 105 Å². The molecule has 0 bridgehead atoms. The summed E-state index contributed by atoms with van der Waals surface area (Å²) in [4.78, 5) is 54.0. The Kier molecular flexibility index (Phi) is 9.28. The smallest absolute Gasteiger partial charge is 0.362 e. The van der Waals surface area contributed by atoms with Crippen molar-refractivity contribution in [3.63, 3.8) is 0 Å². The van der Waals surface area contributed by atoms with E-state index in [-0.39, 0.29) is 34.2 Å². The van der Waals surface area contributed by atoms with E-state index >= 15 is 0 Å². The van der Waals surface area contributed by atoms with Crippen molar-refractivity contribution in [3.05, 3.63) is 59.2 Å². The maximum absolute atomic E-state index is 13.7. The third-order valence-corrected chi connectivity index (χ3v) is 6.03. The molecule has 0 aliphatic rings. The van der Waals surface area contributed by atoms with E-state index in [1.165, 1.54) is 9.36 Å². The van der Waals surface area contributed by atoms with Crippen LogP contribution in [-0.4, -0.2) is 76.3 Å². The van der Waals surface area contributed by atoms with Gasteiger partial charge in [0.15, 0.2) is 11.4 Å². The second-order valence-corrected chi connectivity index (χ2v) is 15.1. The zero-order valence-corrected chi connectivity index (χ0v) is 29.4. The standard InChI is InChI=1S/C34H42N6O8/c1-31(2,3)45-27(41)23-25(29(43)47-33(7,8)9)39(37-35-23)20-17-13-15-19-16-14-18-21(22(19)20)40-26(30(44)48-34(10,11)12)24(36-38-40)28(42)46-32(4,5)6/h13-18H,1-12H3. The molecule has 0 radical (unpaired) electrons. The number of aromatic nitrogens is 6. The molecule has 0 aliphatic heterocycles. The summed E-state index contributed by atoms with van der Waals surface area (Å²) in [6.45, 7) is 20.2. The lowest BCUT2D eigenvalue weighted by Gasteiger charge is -2.22. The number of carbonyl (C=O) groups is 4. The SMILES string of the molecule is CC(C)(C)OC(=O)c1nnn(-c2cccc3cccc(-n4nnc(C(=O)OC(C)(C)C)c4C(=O)OC(C)(C)C)c23)c1C(=O)OC(C)(C)C. The van der Waals surface area contributed by atoms with Crippen LogP contribution in [0.4, 0.5) is 0 Å². The molecule has 2 heterocycles. The number of hydrogen-bond acceptors (Lipinski definition) is 12. The summed E-state index contributed by atoms with van der Waals surface area (Å²) in [6, 6.07) is 10.3. The quantitative estimate of drug-likeness (QED) is 0.179. The monoisotopic (exact) mass is 662 g/mol. The van der Waals surface area contributed by atoms with Crippen molar-refractivity contribution in [2.24, 2.45) is 0 Å². The summed E-state index contributed by atoms with van der Waals surface area (Å²) in [6.07, 6.45) is 0. The molecule has 2 aromatic heterocycles. The number of carbonyl (C=O) groups excluding carboxylic acids is 4. The van der Waals surface area contributed by atoms with Gasteiger partial charge in [-0.2, -0.15) is 0 Å². The average molecular weight is 663 g/mol. The highest BCUT2D eigenvalue weighted by Crippen LogP contribution is 2.32. The van der Waals surface area contributed by atoms with Crippen LogP contribution in [0.25, 0.3) is 22.1 Å². The summed E-state index contributed by atoms with van der Waals surface area (Å²) < 4.78 is 24.8. The predicted molar refractivity (Wildman–Crippen MR) is 174 cm³/mol. The first-order chi connectivity index (χ1) is 22.0. The molecule has 0 N–H and O–H groups in total. The Morgan fingerprint density at radius 2 is 0.812 bits per heavy atom. The van der Waals surface area contributed by atoms with E-state index in [1.54, 1.807) is 119 Å². The molecule has 0 aliphatic carbocycles. The van der Waals surface area contributed by atoms with Crippen molar-refractivity contribution >= 4 is 34.6 Å². The summed E-state index contributed by atoms with van der Waals surface area (Å²) in [7, 11) is 0. The zero-order valence-electron chi connectivity index (χ0n) is 29.4. The van der Waals surface area contributed by atoms with Crippen LogP contribution in [0.3, 0.4) is 0 Å². The topological polar surface area (TPSA) is 167 Å². The lowest BCUT2D eigenvalue weighted by atomic mass is 10.1. The third-order valence-electron chi connectivity index (χ3n) is 6.03. The van der Waals surface area contributed by atoms with E-state index in [1.807, 2.05) is 0 Å². The molecule has 48 heavy (non-hydrogen) atoms. The fourth-order valence-electron chi connectivity index (χ4n) is 4.50. The highest BCUT2D eigenvalue weighted by Gasteiger charge is 2.36. The number of fused-ring (bicyclic) bond motifs is 1. The van der Waals surface area contributed by atoms with Gasteiger partial charge in [0.1, 0.15) is 22.4 Å². The number of nitrogens with zero attached hydrogens (tertiary/aromatic N) is 6. The van der Waals surface area contributed by atoms with Crippen LogP contribution >= 0.6 is 0 Å². The molecule has 14 nitrogen and oxygen atoms in total. The molecular formula is C34H42N6O8. The van der Waals surface area contributed by atoms with Gasteiger partial charge >= 0.3 is 23.9 Å². The maximum atomic E-state index is 13.7. The fraction of sp³-hybridized carbons (Fsp3) is 0.471. The minimum atomic E-state index is -0.928. The molecule has 0 amide bonds. The van der Waals surface area contributed by atoms with Crippen molar-refractivity contribution in [1.82, 2.24) is 30.0 Å². The van der Waals surface area contributed by atoms with Crippen molar-refractivity contribution < 1.29 is 38.1 Å². The van der Waals surface area contributed by atoms with Crippen LogP contribution in [0, 0.1) is 0 Å². The molecule has 0 unspecified atom stereocenters. The first-order valence-electron chi connectivity index (χ1n) is 15.3. The number of esters is 4. The first kappa shape index (κ1) is 35.7. The van der Waals surface area contributed by atoms with Crippen LogP contribution < -0.4 is 0 Å². The molecule has 256 valence electrons. The molecule has 4 rings (SSSR count). The van der Waals surface area contributed by atoms with Crippen molar-refractivity contribution in [2.75, 3.05) is 0 Å².